The molecule has 0 saturated heterocycles. The molecule has 0 spiro atoms. The smallest absolute Gasteiger partial charge is 0.217 e. The molecule has 0 radical (unpaired) electrons. The van der Waals surface area contributed by atoms with Crippen LogP contribution in [0.1, 0.15) is 11.1 Å². The first-order chi connectivity index (χ1) is 22.3. The van der Waals surface area contributed by atoms with E-state index in [0.29, 0.717) is 38.1 Å². The normalized spacial score (nSPS) is 14.5. The first-order valence-electron chi connectivity index (χ1n) is 15.2. The van der Waals surface area contributed by atoms with Crippen molar-refractivity contribution < 1.29 is 9.47 Å². The van der Waals surface area contributed by atoms with Gasteiger partial charge in [0.05, 0.1) is 46.6 Å². The van der Waals surface area contributed by atoms with Gasteiger partial charge in [0.2, 0.25) is 11.8 Å². The Morgan fingerprint density at radius 3 is 1.82 bits per heavy atom. The molecule has 7 heteroatoms. The fourth-order valence-electron chi connectivity index (χ4n) is 6.49. The summed E-state index contributed by atoms with van der Waals surface area (Å²) in [6.45, 7) is 2.63. The van der Waals surface area contributed by atoms with Gasteiger partial charge in [-0.25, -0.2) is 9.98 Å². The molecule has 0 amide bonds. The summed E-state index contributed by atoms with van der Waals surface area (Å²) in [5.74, 6) is 1.33. The molecule has 2 aliphatic heterocycles. The van der Waals surface area contributed by atoms with Crippen molar-refractivity contribution in [2.75, 3.05) is 26.3 Å². The molecule has 0 atom stereocenters. The lowest BCUT2D eigenvalue weighted by atomic mass is 9.96. The number of nitrogens with zero attached hydrogens (tertiary/aromatic N) is 5. The highest BCUT2D eigenvalue weighted by Gasteiger charge is 2.20. The van der Waals surface area contributed by atoms with Crippen LogP contribution in [0, 0.1) is 0 Å². The van der Waals surface area contributed by atoms with E-state index in [9.17, 15) is 0 Å². The summed E-state index contributed by atoms with van der Waals surface area (Å²) < 4.78 is 13.7. The second-order valence-electron chi connectivity index (χ2n) is 11.2. The van der Waals surface area contributed by atoms with Gasteiger partial charge in [-0.3, -0.25) is 9.97 Å². The molecule has 0 N–H and O–H groups in total. The van der Waals surface area contributed by atoms with Crippen LogP contribution in [0.5, 0.6) is 0 Å². The van der Waals surface area contributed by atoms with Crippen LogP contribution in [0.2, 0.25) is 0 Å². The van der Waals surface area contributed by atoms with Gasteiger partial charge in [0.1, 0.15) is 13.2 Å². The lowest BCUT2D eigenvalue weighted by Crippen LogP contribution is -2.01. The molecule has 2 aliphatic rings. The molecule has 7 aromatic rings. The van der Waals surface area contributed by atoms with Gasteiger partial charge < -0.3 is 14.0 Å². The maximum absolute atomic E-state index is 5.67. The minimum Gasteiger partial charge on any atom is -0.475 e. The summed E-state index contributed by atoms with van der Waals surface area (Å²) in [6.07, 6.45) is 3.71. The van der Waals surface area contributed by atoms with E-state index in [1.165, 1.54) is 16.2 Å². The van der Waals surface area contributed by atoms with Crippen molar-refractivity contribution in [2.24, 2.45) is 9.98 Å². The number of para-hydroxylation sites is 1. The summed E-state index contributed by atoms with van der Waals surface area (Å²) >= 11 is 0. The van der Waals surface area contributed by atoms with Gasteiger partial charge in [0.25, 0.3) is 0 Å². The lowest BCUT2D eigenvalue weighted by Gasteiger charge is -2.12. The Labute approximate surface area is 259 Å². The largest absolute Gasteiger partial charge is 0.475 e. The molecule has 3 aromatic heterocycles. The van der Waals surface area contributed by atoms with Crippen molar-refractivity contribution in [1.29, 1.82) is 0 Å². The van der Waals surface area contributed by atoms with E-state index in [-0.39, 0.29) is 0 Å². The highest BCUT2D eigenvalue weighted by Crippen LogP contribution is 2.42. The van der Waals surface area contributed by atoms with Gasteiger partial charge in [0, 0.05) is 40.0 Å². The Morgan fingerprint density at radius 2 is 1.18 bits per heavy atom. The molecular formula is C38H27N5O2. The van der Waals surface area contributed by atoms with Crippen molar-refractivity contribution in [1.82, 2.24) is 14.5 Å². The van der Waals surface area contributed by atoms with Crippen LogP contribution >= 0.6 is 0 Å². The highest BCUT2D eigenvalue weighted by atomic mass is 16.5. The number of aliphatic imine (C=N–C) groups is 2. The number of benzene rings is 4. The predicted octanol–water partition coefficient (Wildman–Crippen LogP) is 7.61. The van der Waals surface area contributed by atoms with Crippen LogP contribution in [0.4, 0.5) is 0 Å². The van der Waals surface area contributed by atoms with Crippen LogP contribution in [0.3, 0.4) is 0 Å². The van der Waals surface area contributed by atoms with Crippen LogP contribution in [-0.4, -0.2) is 52.6 Å². The number of fused-ring (bicyclic) bond motifs is 5. The fraction of sp³-hybridized carbons (Fsp3) is 0.105. The molecule has 5 heterocycles. The van der Waals surface area contributed by atoms with E-state index >= 15 is 0 Å². The zero-order valence-corrected chi connectivity index (χ0v) is 24.4. The molecule has 0 aliphatic carbocycles. The first kappa shape index (κ1) is 25.7. The Balaban J connectivity index is 1.27. The van der Waals surface area contributed by atoms with E-state index in [2.05, 4.69) is 99.5 Å². The van der Waals surface area contributed by atoms with Crippen molar-refractivity contribution >= 4 is 44.4 Å². The molecule has 0 bridgehead atoms. The second kappa shape index (κ2) is 10.4. The number of rotatable bonds is 5. The topological polar surface area (TPSA) is 73.9 Å². The third-order valence-electron chi connectivity index (χ3n) is 8.55. The number of ether oxygens (including phenoxy) is 2. The zero-order valence-electron chi connectivity index (χ0n) is 24.4. The summed E-state index contributed by atoms with van der Waals surface area (Å²) in [4.78, 5) is 18.6. The molecule has 45 heavy (non-hydrogen) atoms. The number of aromatic nitrogens is 3. The molecule has 7 nitrogen and oxygen atoms in total. The monoisotopic (exact) mass is 585 g/mol. The van der Waals surface area contributed by atoms with Crippen LogP contribution in [0.15, 0.2) is 126 Å². The Morgan fingerprint density at radius 1 is 0.533 bits per heavy atom. The summed E-state index contributed by atoms with van der Waals surface area (Å²) in [5, 5.41) is 4.74. The number of pyridine rings is 2. The van der Waals surface area contributed by atoms with Gasteiger partial charge >= 0.3 is 0 Å². The van der Waals surface area contributed by atoms with E-state index in [1.807, 2.05) is 30.6 Å². The quantitative estimate of drug-likeness (QED) is 0.208. The van der Waals surface area contributed by atoms with Gasteiger partial charge in [-0.05, 0) is 59.3 Å². The third-order valence-corrected chi connectivity index (χ3v) is 8.55. The van der Waals surface area contributed by atoms with E-state index in [0.717, 1.165) is 55.7 Å². The van der Waals surface area contributed by atoms with Crippen molar-refractivity contribution in [3.05, 3.63) is 127 Å². The molecule has 0 fully saturated rings. The highest BCUT2D eigenvalue weighted by molar-refractivity contribution is 6.24. The van der Waals surface area contributed by atoms with Crippen molar-refractivity contribution in [2.45, 2.75) is 0 Å². The summed E-state index contributed by atoms with van der Waals surface area (Å²) in [6, 6.07) is 36.3. The molecule has 0 unspecified atom stereocenters. The Bertz CT molecular complexity index is 2300. The SMILES string of the molecule is c1ccc(-n2c3cc(-c4ccc(C5=NCCO5)cn4)ccc3c3c4ccccc4c(-c4ccc(C5=NCCO5)cn4)cc32)cc1. The van der Waals surface area contributed by atoms with Crippen molar-refractivity contribution in [3.63, 3.8) is 0 Å². The molecule has 4 aromatic carbocycles. The van der Waals surface area contributed by atoms with Gasteiger partial charge in [0.15, 0.2) is 0 Å². The standard InChI is InChI=1S/C38H27N5O2/c1-2-6-27(7-3-1)43-34-20-24(32-14-11-25(22-41-32)37-39-16-18-44-37)10-13-30(34)36-29-9-5-4-8-28(29)31(21-35(36)43)33-15-12-26(23-42-33)38-40-17-19-45-38/h1-15,20-23H,16-19H2. The van der Waals surface area contributed by atoms with E-state index in [1.54, 1.807) is 0 Å². The summed E-state index contributed by atoms with van der Waals surface area (Å²) in [5.41, 5.74) is 9.06. The van der Waals surface area contributed by atoms with Crippen LogP contribution < -0.4 is 0 Å². The molecule has 0 saturated carbocycles. The Hall–Kier alpha value is -5.82. The second-order valence-corrected chi connectivity index (χ2v) is 11.2. The van der Waals surface area contributed by atoms with Crippen LogP contribution in [-0.2, 0) is 9.47 Å². The fourth-order valence-corrected chi connectivity index (χ4v) is 6.49. The van der Waals surface area contributed by atoms with E-state index < -0.39 is 0 Å². The van der Waals surface area contributed by atoms with Crippen molar-refractivity contribution in [3.8, 4) is 28.2 Å². The van der Waals surface area contributed by atoms with Gasteiger partial charge in [-0.1, -0.05) is 54.6 Å². The maximum Gasteiger partial charge on any atom is 0.217 e. The Kier molecular flexibility index (Phi) is 5.94. The molecular weight excluding hydrogens is 558 g/mol. The molecule has 216 valence electrons. The van der Waals surface area contributed by atoms with E-state index in [4.69, 9.17) is 19.4 Å². The average molecular weight is 586 g/mol. The lowest BCUT2D eigenvalue weighted by molar-refractivity contribution is 0.348. The minimum atomic E-state index is 0.621. The zero-order chi connectivity index (χ0) is 29.7. The average Bonchev–Trinajstić information content (AvgIpc) is 3.90. The first-order valence-corrected chi connectivity index (χ1v) is 15.2. The van der Waals surface area contributed by atoms with Crippen LogP contribution in [0.25, 0.3) is 60.8 Å². The molecule has 9 rings (SSSR count). The predicted molar refractivity (Wildman–Crippen MR) is 179 cm³/mol. The minimum absolute atomic E-state index is 0.621. The number of hydrogen-bond donors (Lipinski definition) is 0. The van der Waals surface area contributed by atoms with Gasteiger partial charge in [-0.15, -0.1) is 0 Å². The summed E-state index contributed by atoms with van der Waals surface area (Å²) in [7, 11) is 0. The van der Waals surface area contributed by atoms with Gasteiger partial charge in [-0.2, -0.15) is 0 Å². The maximum atomic E-state index is 5.67. The number of hydrogen-bond acceptors (Lipinski definition) is 6. The third kappa shape index (κ3) is 4.27.